The van der Waals surface area contributed by atoms with Gasteiger partial charge in [-0.25, -0.2) is 0 Å². The zero-order valence-corrected chi connectivity index (χ0v) is 17.1. The summed E-state index contributed by atoms with van der Waals surface area (Å²) in [6, 6.07) is 29.8. The molecule has 0 aliphatic heterocycles. The standard InChI is InChI=1S/C13H10BF3NO.C12H10O/c15-13(16,17)11-6-4-10(5-7-11)9-19-14-12-3-1-2-8-18-12;1-3-7-11(8-4-1)13-12-9-5-2-6-10-12/h1-8H,9H2;1-10H. The zero-order valence-electron chi connectivity index (χ0n) is 17.1. The van der Waals surface area contributed by atoms with Gasteiger partial charge in [-0.1, -0.05) is 54.6 Å². The van der Waals surface area contributed by atoms with E-state index in [4.69, 9.17) is 9.39 Å². The third-order valence-corrected chi connectivity index (χ3v) is 4.15. The molecule has 0 amide bonds. The fourth-order valence-electron chi connectivity index (χ4n) is 2.57. The molecule has 161 valence electrons. The van der Waals surface area contributed by atoms with E-state index in [1.165, 1.54) is 19.6 Å². The third kappa shape index (κ3) is 7.93. The first kappa shape index (κ1) is 23.1. The second kappa shape index (κ2) is 11.7. The third-order valence-electron chi connectivity index (χ3n) is 4.15. The minimum atomic E-state index is -4.31. The molecule has 7 heteroatoms. The number of benzene rings is 3. The van der Waals surface area contributed by atoms with Gasteiger partial charge in [0.1, 0.15) is 11.5 Å². The number of nitrogens with zero attached hydrogens (tertiary/aromatic N) is 1. The van der Waals surface area contributed by atoms with Crippen LogP contribution in [0.5, 0.6) is 11.5 Å². The minimum absolute atomic E-state index is 0.203. The van der Waals surface area contributed by atoms with Gasteiger partial charge in [-0.05, 0) is 54.1 Å². The van der Waals surface area contributed by atoms with E-state index < -0.39 is 11.7 Å². The minimum Gasteiger partial charge on any atom is -0.457 e. The molecule has 0 saturated carbocycles. The highest BCUT2D eigenvalue weighted by molar-refractivity contribution is 6.45. The topological polar surface area (TPSA) is 31.4 Å². The first-order chi connectivity index (χ1) is 15.5. The number of aromatic nitrogens is 1. The SMILES string of the molecule is FC(F)(F)c1ccc(CO[B]c2ccccn2)cc1.c1ccc(Oc2ccccc2)cc1. The van der Waals surface area contributed by atoms with E-state index in [9.17, 15) is 13.2 Å². The Kier molecular flexibility index (Phi) is 8.46. The maximum absolute atomic E-state index is 12.3. The number of pyridine rings is 1. The normalized spacial score (nSPS) is 10.6. The quantitative estimate of drug-likeness (QED) is 0.347. The van der Waals surface area contributed by atoms with Crippen LogP contribution in [0.4, 0.5) is 13.2 Å². The van der Waals surface area contributed by atoms with Gasteiger partial charge in [-0.2, -0.15) is 13.2 Å². The Morgan fingerprint density at radius 2 is 1.25 bits per heavy atom. The summed E-state index contributed by atoms with van der Waals surface area (Å²) in [5.41, 5.74) is 0.666. The molecule has 32 heavy (non-hydrogen) atoms. The summed E-state index contributed by atoms with van der Waals surface area (Å²) in [7, 11) is 1.47. The van der Waals surface area contributed by atoms with Crippen LogP contribution in [0.25, 0.3) is 0 Å². The Bertz CT molecular complexity index is 1010. The van der Waals surface area contributed by atoms with E-state index in [1.54, 1.807) is 18.3 Å². The summed E-state index contributed by atoms with van der Waals surface area (Å²) in [4.78, 5) is 4.03. The lowest BCUT2D eigenvalue weighted by atomic mass is 9.94. The average molecular weight is 434 g/mol. The van der Waals surface area contributed by atoms with Gasteiger partial charge in [0.05, 0.1) is 12.2 Å². The van der Waals surface area contributed by atoms with E-state index in [2.05, 4.69) is 4.98 Å². The van der Waals surface area contributed by atoms with Crippen molar-refractivity contribution in [3.63, 3.8) is 0 Å². The Balaban J connectivity index is 0.000000193. The molecule has 0 fully saturated rings. The van der Waals surface area contributed by atoms with Crippen LogP contribution in [0, 0.1) is 0 Å². The predicted molar refractivity (Wildman–Crippen MR) is 119 cm³/mol. The molecule has 0 bridgehead atoms. The Labute approximate surface area is 185 Å². The van der Waals surface area contributed by atoms with Crippen LogP contribution in [0.2, 0.25) is 0 Å². The first-order valence-corrected chi connectivity index (χ1v) is 9.81. The number of rotatable bonds is 6. The van der Waals surface area contributed by atoms with E-state index in [0.29, 0.717) is 11.2 Å². The van der Waals surface area contributed by atoms with Crippen molar-refractivity contribution in [1.29, 1.82) is 0 Å². The molecule has 4 rings (SSSR count). The van der Waals surface area contributed by atoms with Crippen molar-refractivity contribution in [3.05, 3.63) is 120 Å². The van der Waals surface area contributed by atoms with E-state index in [1.807, 2.05) is 66.7 Å². The van der Waals surface area contributed by atoms with Gasteiger partial charge < -0.3 is 9.39 Å². The van der Waals surface area contributed by atoms with Crippen LogP contribution >= 0.6 is 0 Å². The smallest absolute Gasteiger partial charge is 0.416 e. The van der Waals surface area contributed by atoms with E-state index in [-0.39, 0.29) is 6.61 Å². The molecule has 1 radical (unpaired) electrons. The highest BCUT2D eigenvalue weighted by atomic mass is 19.4. The van der Waals surface area contributed by atoms with Crippen molar-refractivity contribution in [2.24, 2.45) is 0 Å². The number of ether oxygens (including phenoxy) is 1. The van der Waals surface area contributed by atoms with E-state index >= 15 is 0 Å². The molecule has 0 atom stereocenters. The summed E-state index contributed by atoms with van der Waals surface area (Å²) < 4.78 is 47.9. The maximum Gasteiger partial charge on any atom is 0.416 e. The summed E-state index contributed by atoms with van der Waals surface area (Å²) in [6.07, 6.45) is -2.67. The highest BCUT2D eigenvalue weighted by Gasteiger charge is 2.29. The molecule has 1 heterocycles. The maximum atomic E-state index is 12.3. The van der Waals surface area contributed by atoms with Gasteiger partial charge in [-0.3, -0.25) is 4.98 Å². The molecule has 3 nitrogen and oxygen atoms in total. The van der Waals surface area contributed by atoms with Gasteiger partial charge in [0.25, 0.3) is 0 Å². The van der Waals surface area contributed by atoms with Crippen molar-refractivity contribution in [2.75, 3.05) is 0 Å². The summed E-state index contributed by atoms with van der Waals surface area (Å²) in [5.74, 6) is 1.74. The number of hydrogen-bond acceptors (Lipinski definition) is 3. The molecule has 1 aromatic heterocycles. The number of halogens is 3. The number of hydrogen-bond donors (Lipinski definition) is 0. The van der Waals surface area contributed by atoms with Crippen LogP contribution in [0.15, 0.2) is 109 Å². The van der Waals surface area contributed by atoms with Crippen molar-refractivity contribution < 1.29 is 22.6 Å². The monoisotopic (exact) mass is 434 g/mol. The summed E-state index contributed by atoms with van der Waals surface area (Å²) >= 11 is 0. The molecule has 0 N–H and O–H groups in total. The van der Waals surface area contributed by atoms with Crippen LogP contribution in [-0.4, -0.2) is 12.5 Å². The van der Waals surface area contributed by atoms with Gasteiger partial charge in [0, 0.05) is 11.8 Å². The zero-order chi connectivity index (χ0) is 22.7. The Hall–Kier alpha value is -3.58. The Morgan fingerprint density at radius 3 is 1.75 bits per heavy atom. The van der Waals surface area contributed by atoms with E-state index in [0.717, 1.165) is 23.6 Å². The molecule has 0 saturated heterocycles. The van der Waals surface area contributed by atoms with Gasteiger partial charge in [0.2, 0.25) is 0 Å². The molecule has 0 aliphatic carbocycles. The van der Waals surface area contributed by atoms with Crippen molar-refractivity contribution in [2.45, 2.75) is 12.8 Å². The Morgan fingerprint density at radius 1 is 0.688 bits per heavy atom. The molecule has 0 unspecified atom stereocenters. The fraction of sp³-hybridized carbons (Fsp3) is 0.0800. The van der Waals surface area contributed by atoms with Crippen molar-refractivity contribution >= 4 is 13.1 Å². The first-order valence-electron chi connectivity index (χ1n) is 9.81. The second-order valence-electron chi connectivity index (χ2n) is 6.61. The molecule has 0 aliphatic rings. The molecule has 0 spiro atoms. The molecular formula is C25H20BF3NO2. The van der Waals surface area contributed by atoms with Crippen molar-refractivity contribution in [1.82, 2.24) is 4.98 Å². The fourth-order valence-corrected chi connectivity index (χ4v) is 2.57. The van der Waals surface area contributed by atoms with Gasteiger partial charge in [-0.15, -0.1) is 0 Å². The van der Waals surface area contributed by atoms with Crippen LogP contribution < -0.4 is 10.3 Å². The molecular weight excluding hydrogens is 414 g/mol. The van der Waals surface area contributed by atoms with Crippen molar-refractivity contribution in [3.8, 4) is 11.5 Å². The predicted octanol–water partition coefficient (Wildman–Crippen LogP) is 6.04. The van der Waals surface area contributed by atoms with Crippen LogP contribution in [0.3, 0.4) is 0 Å². The van der Waals surface area contributed by atoms with Gasteiger partial charge >= 0.3 is 13.7 Å². The van der Waals surface area contributed by atoms with Crippen LogP contribution in [-0.2, 0) is 17.4 Å². The average Bonchev–Trinajstić information content (AvgIpc) is 2.81. The molecule has 3 aromatic carbocycles. The lowest BCUT2D eigenvalue weighted by molar-refractivity contribution is -0.137. The number of alkyl halides is 3. The largest absolute Gasteiger partial charge is 0.457 e. The van der Waals surface area contributed by atoms with Gasteiger partial charge in [0.15, 0.2) is 0 Å². The lowest BCUT2D eigenvalue weighted by Crippen LogP contribution is -2.20. The lowest BCUT2D eigenvalue weighted by Gasteiger charge is -2.07. The highest BCUT2D eigenvalue weighted by Crippen LogP contribution is 2.29. The second-order valence-corrected chi connectivity index (χ2v) is 6.61. The summed E-state index contributed by atoms with van der Waals surface area (Å²) in [6.45, 7) is 0.203. The number of para-hydroxylation sites is 2. The molecule has 4 aromatic rings. The summed E-state index contributed by atoms with van der Waals surface area (Å²) in [5, 5.41) is 0. The van der Waals surface area contributed by atoms with Crippen LogP contribution in [0.1, 0.15) is 11.1 Å².